The number of halogens is 1. The van der Waals surface area contributed by atoms with Gasteiger partial charge in [-0.05, 0) is 43.5 Å². The molecule has 0 spiro atoms. The van der Waals surface area contributed by atoms with Gasteiger partial charge in [-0.15, -0.1) is 0 Å². The first-order valence-corrected chi connectivity index (χ1v) is 11.2. The molecule has 8 nitrogen and oxygen atoms in total. The number of hydrogen-bond donors (Lipinski definition) is 3. The molecule has 2 aromatic rings. The van der Waals surface area contributed by atoms with Crippen molar-refractivity contribution in [3.8, 4) is 17.6 Å². The van der Waals surface area contributed by atoms with Gasteiger partial charge in [0, 0.05) is 36.8 Å². The van der Waals surface area contributed by atoms with Crippen LogP contribution >= 0.6 is 11.6 Å². The maximum atomic E-state index is 12.6. The zero-order valence-electron chi connectivity index (χ0n) is 18.9. The van der Waals surface area contributed by atoms with Crippen LogP contribution in [0.5, 0.6) is 11.5 Å². The molecule has 0 fully saturated rings. The predicted octanol–water partition coefficient (Wildman–Crippen LogP) is 4.98. The van der Waals surface area contributed by atoms with Crippen molar-refractivity contribution < 1.29 is 14.6 Å². The Morgan fingerprint density at radius 2 is 2.03 bits per heavy atom. The Morgan fingerprint density at radius 3 is 2.70 bits per heavy atom. The number of nitrogens with one attached hydrogen (secondary N) is 2. The third kappa shape index (κ3) is 6.15. The molecule has 174 valence electrons. The van der Waals surface area contributed by atoms with Gasteiger partial charge in [0.1, 0.15) is 17.5 Å². The van der Waals surface area contributed by atoms with Crippen LogP contribution in [0.3, 0.4) is 0 Å². The van der Waals surface area contributed by atoms with Gasteiger partial charge >= 0.3 is 0 Å². The summed E-state index contributed by atoms with van der Waals surface area (Å²) in [5.41, 5.74) is 1.99. The second kappa shape index (κ2) is 11.0. The summed E-state index contributed by atoms with van der Waals surface area (Å²) in [5, 5.41) is 32.0. The van der Waals surface area contributed by atoms with Crippen molar-refractivity contribution in [1.29, 1.82) is 5.26 Å². The zero-order valence-corrected chi connectivity index (χ0v) is 19.7. The molecule has 33 heavy (non-hydrogen) atoms. The number of aliphatic hydroxyl groups is 1. The topological polar surface area (TPSA) is 110 Å². The molecule has 1 amide bonds. The van der Waals surface area contributed by atoms with Gasteiger partial charge in [0.25, 0.3) is 0 Å². The first-order chi connectivity index (χ1) is 15.8. The largest absolute Gasteiger partial charge is 0.451 e. The lowest BCUT2D eigenvalue weighted by molar-refractivity contribution is -0.118. The molecule has 0 aromatic heterocycles. The molecule has 0 radical (unpaired) electrons. The van der Waals surface area contributed by atoms with Crippen molar-refractivity contribution in [2.24, 2.45) is 11.0 Å². The van der Waals surface area contributed by atoms with Crippen molar-refractivity contribution in [2.45, 2.75) is 39.7 Å². The van der Waals surface area contributed by atoms with Gasteiger partial charge in [-0.25, -0.2) is 0 Å². The number of ether oxygens (including phenoxy) is 1. The Kier molecular flexibility index (Phi) is 8.15. The molecule has 0 aliphatic carbocycles. The smallest absolute Gasteiger partial charge is 0.247 e. The zero-order chi connectivity index (χ0) is 24.0. The number of hydrogen-bond acceptors (Lipinski definition) is 7. The summed E-state index contributed by atoms with van der Waals surface area (Å²) in [6.07, 6.45) is 2.06. The molecule has 1 unspecified atom stereocenters. The summed E-state index contributed by atoms with van der Waals surface area (Å²) >= 11 is 6.17. The monoisotopic (exact) mass is 469 g/mol. The molecule has 2 aromatic carbocycles. The van der Waals surface area contributed by atoms with Crippen molar-refractivity contribution in [3.05, 3.63) is 40.9 Å². The molecule has 1 aliphatic rings. The van der Waals surface area contributed by atoms with Crippen LogP contribution in [0.4, 0.5) is 17.1 Å². The van der Waals surface area contributed by atoms with Gasteiger partial charge in [0.05, 0.1) is 23.0 Å². The summed E-state index contributed by atoms with van der Waals surface area (Å²) in [6, 6.07) is 10.4. The number of anilines is 3. The summed E-state index contributed by atoms with van der Waals surface area (Å²) in [4.78, 5) is 12.6. The third-order valence-corrected chi connectivity index (χ3v) is 5.07. The fourth-order valence-corrected chi connectivity index (χ4v) is 3.37. The fraction of sp³-hybridized carbons (Fsp3) is 0.375. The van der Waals surface area contributed by atoms with Crippen LogP contribution < -0.4 is 20.4 Å². The summed E-state index contributed by atoms with van der Waals surface area (Å²) in [5.74, 6) is 0.840. The standard InChI is InChI=1S/C24H28ClN5O3/c1-15(2)13-28-23-20(30-22(32)5-4-10-29-30)9-8-19(27-14-16(3)31)24(23)33-21-11-18(25)7-6-17(21)12-26/h6-11,15-16,27-28,31H,4-5,13-14H2,1-3H3. The number of hydrazone groups is 1. The average Bonchev–Trinajstić information content (AvgIpc) is 2.77. The van der Waals surface area contributed by atoms with Crippen molar-refractivity contribution in [2.75, 3.05) is 28.7 Å². The number of nitriles is 1. The molecule has 3 rings (SSSR count). The summed E-state index contributed by atoms with van der Waals surface area (Å²) in [7, 11) is 0. The number of carbonyl (C=O) groups is 1. The van der Waals surface area contributed by atoms with Crippen molar-refractivity contribution in [3.63, 3.8) is 0 Å². The molecule has 0 saturated heterocycles. The lowest BCUT2D eigenvalue weighted by atomic mass is 10.1. The van der Waals surface area contributed by atoms with Crippen LogP contribution in [-0.4, -0.2) is 36.4 Å². The summed E-state index contributed by atoms with van der Waals surface area (Å²) in [6.45, 7) is 6.69. The quantitative estimate of drug-likeness (QED) is 0.478. The maximum absolute atomic E-state index is 12.6. The number of aliphatic hydroxyl groups excluding tert-OH is 1. The number of carbonyl (C=O) groups excluding carboxylic acids is 1. The first-order valence-electron chi connectivity index (χ1n) is 10.9. The normalized spacial score (nSPS) is 14.2. The highest BCUT2D eigenvalue weighted by Crippen LogP contribution is 2.45. The molecule has 9 heteroatoms. The Hall–Kier alpha value is -3.28. The number of amides is 1. The van der Waals surface area contributed by atoms with Gasteiger partial charge in [0.2, 0.25) is 5.91 Å². The van der Waals surface area contributed by atoms with Crippen LogP contribution in [0.25, 0.3) is 0 Å². The molecule has 0 bridgehead atoms. The van der Waals surface area contributed by atoms with Crippen molar-refractivity contribution in [1.82, 2.24) is 0 Å². The summed E-state index contributed by atoms with van der Waals surface area (Å²) < 4.78 is 6.27. The lowest BCUT2D eigenvalue weighted by Gasteiger charge is -2.27. The lowest BCUT2D eigenvalue weighted by Crippen LogP contribution is -2.29. The van der Waals surface area contributed by atoms with Crippen LogP contribution in [0, 0.1) is 17.2 Å². The van der Waals surface area contributed by atoms with Gasteiger partial charge in [-0.2, -0.15) is 15.4 Å². The van der Waals surface area contributed by atoms with Gasteiger partial charge in [-0.3, -0.25) is 4.79 Å². The van der Waals surface area contributed by atoms with Crippen LogP contribution in [0.2, 0.25) is 5.02 Å². The molecular weight excluding hydrogens is 442 g/mol. The highest BCUT2D eigenvalue weighted by Gasteiger charge is 2.25. The minimum atomic E-state index is -0.598. The van der Waals surface area contributed by atoms with E-state index in [-0.39, 0.29) is 18.2 Å². The van der Waals surface area contributed by atoms with Gasteiger partial charge in [0.15, 0.2) is 5.75 Å². The molecule has 1 aliphatic heterocycles. The first kappa shape index (κ1) is 24.4. The molecule has 0 saturated carbocycles. The van der Waals surface area contributed by atoms with E-state index in [2.05, 4.69) is 35.7 Å². The highest BCUT2D eigenvalue weighted by molar-refractivity contribution is 6.30. The molecule has 1 atom stereocenters. The Labute approximate surface area is 198 Å². The van der Waals surface area contributed by atoms with Crippen LogP contribution in [-0.2, 0) is 4.79 Å². The van der Waals surface area contributed by atoms with E-state index in [0.29, 0.717) is 58.7 Å². The molecule has 3 N–H and O–H groups in total. The molecular formula is C24H28ClN5O3. The van der Waals surface area contributed by atoms with Crippen molar-refractivity contribution >= 4 is 40.8 Å². The minimum absolute atomic E-state index is 0.124. The Balaban J connectivity index is 2.18. The number of benzene rings is 2. The second-order valence-corrected chi connectivity index (χ2v) is 8.67. The highest BCUT2D eigenvalue weighted by atomic mass is 35.5. The van der Waals surface area contributed by atoms with E-state index in [1.54, 1.807) is 43.5 Å². The SMILES string of the molecule is CC(C)CNc1c(N2N=CCCC2=O)ccc(NCC(C)O)c1Oc1cc(Cl)ccc1C#N. The van der Waals surface area contributed by atoms with E-state index in [4.69, 9.17) is 16.3 Å². The Bertz CT molecular complexity index is 1080. The third-order valence-electron chi connectivity index (χ3n) is 4.84. The number of rotatable bonds is 9. The van der Waals surface area contributed by atoms with E-state index < -0.39 is 6.10 Å². The Morgan fingerprint density at radius 1 is 1.24 bits per heavy atom. The second-order valence-electron chi connectivity index (χ2n) is 8.24. The number of nitrogens with zero attached hydrogens (tertiary/aromatic N) is 3. The maximum Gasteiger partial charge on any atom is 0.247 e. The fourth-order valence-electron chi connectivity index (χ4n) is 3.21. The minimum Gasteiger partial charge on any atom is -0.451 e. The van der Waals surface area contributed by atoms with Crippen LogP contribution in [0.1, 0.15) is 39.2 Å². The van der Waals surface area contributed by atoms with E-state index in [0.717, 1.165) is 0 Å². The van der Waals surface area contributed by atoms with Crippen LogP contribution in [0.15, 0.2) is 35.4 Å². The van der Waals surface area contributed by atoms with E-state index >= 15 is 0 Å². The van der Waals surface area contributed by atoms with Gasteiger partial charge in [-0.1, -0.05) is 25.4 Å². The van der Waals surface area contributed by atoms with E-state index in [1.165, 1.54) is 5.01 Å². The van der Waals surface area contributed by atoms with E-state index in [9.17, 15) is 15.2 Å². The van der Waals surface area contributed by atoms with E-state index in [1.807, 2.05) is 0 Å². The average molecular weight is 470 g/mol. The molecule has 1 heterocycles. The predicted molar refractivity (Wildman–Crippen MR) is 131 cm³/mol. The van der Waals surface area contributed by atoms with Gasteiger partial charge < -0.3 is 20.5 Å².